The summed E-state index contributed by atoms with van der Waals surface area (Å²) in [7, 11) is 1.08. The largest absolute Gasteiger partial charge is 2.00 e. The molecule has 6 aromatic carbocycles. The number of halogens is 6. The predicted molar refractivity (Wildman–Crippen MR) is 195 cm³/mol. The SMILES string of the molecule is CCC(C)c1cc2c(-c3ccccc3C(F)(F)F)cccc2[cH-]1.CCC(C)c1cc2c(-c3ccccc3C(F)(F)F)cccc2[cH-]1.C[Si]C.[Zr+2]. The van der Waals surface area contributed by atoms with Gasteiger partial charge in [-0.2, -0.15) is 38.5 Å². The van der Waals surface area contributed by atoms with Crippen molar-refractivity contribution in [1.82, 2.24) is 0 Å². The summed E-state index contributed by atoms with van der Waals surface area (Å²) in [4.78, 5) is 0. The van der Waals surface area contributed by atoms with Crippen LogP contribution in [0.25, 0.3) is 43.8 Å². The summed E-state index contributed by atoms with van der Waals surface area (Å²) in [6.45, 7) is 12.8. The molecule has 6 aromatic rings. The molecule has 0 heterocycles. The first-order valence-corrected chi connectivity index (χ1v) is 18.5. The van der Waals surface area contributed by atoms with Gasteiger partial charge in [0, 0.05) is 9.52 Å². The van der Waals surface area contributed by atoms with E-state index in [1.54, 1.807) is 36.4 Å². The molecule has 260 valence electrons. The van der Waals surface area contributed by atoms with Crippen molar-refractivity contribution >= 4 is 31.1 Å². The van der Waals surface area contributed by atoms with Gasteiger partial charge in [-0.3, -0.25) is 0 Å². The van der Waals surface area contributed by atoms with Crippen molar-refractivity contribution in [2.45, 2.75) is 77.8 Å². The third kappa shape index (κ3) is 9.55. The average Bonchev–Trinajstić information content (AvgIpc) is 3.72. The van der Waals surface area contributed by atoms with Crippen LogP contribution in [0.5, 0.6) is 0 Å². The molecule has 6 rings (SSSR count). The van der Waals surface area contributed by atoms with Gasteiger partial charge in [0.25, 0.3) is 0 Å². The van der Waals surface area contributed by atoms with Crippen LogP contribution in [0.2, 0.25) is 13.1 Å². The first-order chi connectivity index (χ1) is 23.2. The van der Waals surface area contributed by atoms with E-state index >= 15 is 0 Å². The molecular formula is C42H42F6SiZr. The van der Waals surface area contributed by atoms with E-state index in [1.165, 1.54) is 23.3 Å². The second-order valence-electron chi connectivity index (χ2n) is 12.4. The van der Waals surface area contributed by atoms with Crippen molar-refractivity contribution < 1.29 is 52.5 Å². The zero-order valence-electron chi connectivity index (χ0n) is 29.2. The van der Waals surface area contributed by atoms with Gasteiger partial charge < -0.3 is 0 Å². The van der Waals surface area contributed by atoms with Crippen molar-refractivity contribution in [3.05, 3.63) is 131 Å². The molecule has 0 aliphatic heterocycles. The van der Waals surface area contributed by atoms with Gasteiger partial charge in [-0.15, -0.1) is 69.1 Å². The molecule has 0 spiro atoms. The van der Waals surface area contributed by atoms with Gasteiger partial charge in [-0.05, 0) is 35.1 Å². The molecule has 2 radical (unpaired) electrons. The van der Waals surface area contributed by atoms with Gasteiger partial charge in [0.1, 0.15) is 0 Å². The summed E-state index contributed by atoms with van der Waals surface area (Å²) < 4.78 is 79.9. The Labute approximate surface area is 313 Å². The number of rotatable bonds is 6. The molecule has 0 aliphatic carbocycles. The summed E-state index contributed by atoms with van der Waals surface area (Å²) in [5.41, 5.74) is 2.96. The van der Waals surface area contributed by atoms with E-state index < -0.39 is 23.5 Å². The summed E-state index contributed by atoms with van der Waals surface area (Å²) in [5.74, 6) is 0.793. The molecule has 8 heteroatoms. The number of hydrogen-bond acceptors (Lipinski definition) is 0. The van der Waals surface area contributed by atoms with Crippen molar-refractivity contribution in [3.63, 3.8) is 0 Å². The minimum Gasteiger partial charge on any atom is -0.166 e. The van der Waals surface area contributed by atoms with Crippen molar-refractivity contribution in [1.29, 1.82) is 0 Å². The van der Waals surface area contributed by atoms with Crippen LogP contribution in [0.1, 0.15) is 74.6 Å². The van der Waals surface area contributed by atoms with Crippen LogP contribution < -0.4 is 0 Å². The normalized spacial score (nSPS) is 12.7. The van der Waals surface area contributed by atoms with Gasteiger partial charge in [0.2, 0.25) is 0 Å². The summed E-state index contributed by atoms with van der Waals surface area (Å²) in [6.07, 6.45) is -6.70. The third-order valence-corrected chi connectivity index (χ3v) is 8.95. The average molecular weight is 780 g/mol. The molecule has 0 N–H and O–H groups in total. The molecule has 2 unspecified atom stereocenters. The Hall–Kier alpha value is -3.22. The quantitative estimate of drug-likeness (QED) is 0.0897. The van der Waals surface area contributed by atoms with Gasteiger partial charge in [0.05, 0.1) is 11.1 Å². The second-order valence-corrected chi connectivity index (χ2v) is 13.4. The number of alkyl halides is 6. The number of fused-ring (bicyclic) bond motifs is 2. The minimum absolute atomic E-state index is 0. The molecule has 0 aliphatic rings. The summed E-state index contributed by atoms with van der Waals surface area (Å²) in [6, 6.07) is 30.9. The van der Waals surface area contributed by atoms with E-state index in [4.69, 9.17) is 0 Å². The fraction of sp³-hybridized carbons (Fsp3) is 0.286. The Morgan fingerprint density at radius 2 is 0.860 bits per heavy atom. The molecular weight excluding hydrogens is 738 g/mol. The van der Waals surface area contributed by atoms with Crippen LogP contribution in [-0.4, -0.2) is 9.52 Å². The van der Waals surface area contributed by atoms with E-state index in [9.17, 15) is 26.3 Å². The van der Waals surface area contributed by atoms with E-state index in [0.29, 0.717) is 23.0 Å². The maximum Gasteiger partial charge on any atom is 2.00 e. The number of hydrogen-bond donors (Lipinski definition) is 0. The molecule has 0 aromatic heterocycles. The standard InChI is InChI=1S/2C20H18F3.C2H6Si.Zr/c2*1-3-13(2)15-11-14-7-6-9-16(18(14)12-15)17-8-4-5-10-19(17)20(21,22)23;1-3-2;/h2*4-13H,3H2,1-2H3;1-2H3;/q2*-1;;+2. The maximum atomic E-state index is 13.3. The van der Waals surface area contributed by atoms with Gasteiger partial charge in [-0.1, -0.05) is 113 Å². The van der Waals surface area contributed by atoms with Crippen LogP contribution in [-0.2, 0) is 38.6 Å². The fourth-order valence-corrected chi connectivity index (χ4v) is 5.96. The van der Waals surface area contributed by atoms with Crippen molar-refractivity contribution in [2.24, 2.45) is 0 Å². The van der Waals surface area contributed by atoms with Crippen molar-refractivity contribution in [2.75, 3.05) is 0 Å². The van der Waals surface area contributed by atoms with Gasteiger partial charge >= 0.3 is 38.6 Å². The van der Waals surface area contributed by atoms with Crippen molar-refractivity contribution in [3.8, 4) is 22.3 Å². The minimum atomic E-state index is -4.36. The first-order valence-electron chi connectivity index (χ1n) is 16.5. The Bertz CT molecular complexity index is 1820. The second kappa shape index (κ2) is 17.8. The van der Waals surface area contributed by atoms with E-state index in [1.807, 2.05) is 36.4 Å². The monoisotopic (exact) mass is 778 g/mol. The molecule has 0 saturated heterocycles. The Morgan fingerprint density at radius 3 is 1.18 bits per heavy atom. The molecule has 0 amide bonds. The summed E-state index contributed by atoms with van der Waals surface area (Å²) in [5, 5.41) is 3.77. The van der Waals surface area contributed by atoms with Gasteiger partial charge in [0.15, 0.2) is 0 Å². The van der Waals surface area contributed by atoms with E-state index in [0.717, 1.165) is 56.0 Å². The smallest absolute Gasteiger partial charge is 0.166 e. The van der Waals surface area contributed by atoms with Crippen LogP contribution in [0.3, 0.4) is 0 Å². The molecule has 0 fully saturated rings. The molecule has 0 bridgehead atoms. The molecule has 0 nitrogen and oxygen atoms in total. The fourth-order valence-electron chi connectivity index (χ4n) is 5.96. The van der Waals surface area contributed by atoms with E-state index in [2.05, 4.69) is 52.9 Å². The van der Waals surface area contributed by atoms with E-state index in [-0.39, 0.29) is 37.3 Å². The third-order valence-electron chi connectivity index (χ3n) is 8.95. The maximum absolute atomic E-state index is 13.3. The first kappa shape index (κ1) is 41.2. The van der Waals surface area contributed by atoms with Crippen LogP contribution in [0.15, 0.2) is 109 Å². The zero-order chi connectivity index (χ0) is 35.9. The zero-order valence-corrected chi connectivity index (χ0v) is 32.7. The summed E-state index contributed by atoms with van der Waals surface area (Å²) >= 11 is 0. The van der Waals surface area contributed by atoms with Crippen LogP contribution in [0.4, 0.5) is 26.3 Å². The van der Waals surface area contributed by atoms with Crippen LogP contribution >= 0.6 is 0 Å². The Balaban J connectivity index is 0.000000246. The predicted octanol–water partition coefficient (Wildman–Crippen LogP) is 14.3. The molecule has 50 heavy (non-hydrogen) atoms. The number of benzene rings is 4. The van der Waals surface area contributed by atoms with Gasteiger partial charge in [-0.25, -0.2) is 0 Å². The Morgan fingerprint density at radius 1 is 0.540 bits per heavy atom. The molecule has 2 atom stereocenters. The Kier molecular flexibility index (Phi) is 14.7. The topological polar surface area (TPSA) is 0 Å². The van der Waals surface area contributed by atoms with Crippen LogP contribution in [0, 0.1) is 0 Å². The molecule has 0 saturated carbocycles.